The monoisotopic (exact) mass is 301 g/mol. The van der Waals surface area contributed by atoms with Crippen LogP contribution < -0.4 is 9.47 Å². The second kappa shape index (κ2) is 6.62. The Balaban J connectivity index is 2.32. The number of nitro groups is 1. The molecule has 0 spiro atoms. The summed E-state index contributed by atoms with van der Waals surface area (Å²) >= 11 is 0. The van der Waals surface area contributed by atoms with Crippen LogP contribution in [0.5, 0.6) is 17.2 Å². The van der Waals surface area contributed by atoms with E-state index in [0.29, 0.717) is 11.3 Å². The minimum Gasteiger partial charge on any atom is -0.508 e. The van der Waals surface area contributed by atoms with Crippen molar-refractivity contribution in [3.05, 3.63) is 57.6 Å². The van der Waals surface area contributed by atoms with Gasteiger partial charge in [0.15, 0.2) is 5.75 Å². The van der Waals surface area contributed by atoms with Crippen molar-refractivity contribution in [3.63, 3.8) is 0 Å². The minimum atomic E-state index is -0.493. The summed E-state index contributed by atoms with van der Waals surface area (Å²) < 4.78 is 10.0. The first-order valence-corrected chi connectivity index (χ1v) is 6.42. The van der Waals surface area contributed by atoms with E-state index in [-0.39, 0.29) is 17.2 Å². The molecule has 0 saturated carbocycles. The van der Waals surface area contributed by atoms with Gasteiger partial charge in [0.2, 0.25) is 0 Å². The molecule has 0 atom stereocenters. The summed E-state index contributed by atoms with van der Waals surface area (Å²) in [7, 11) is 2.89. The van der Waals surface area contributed by atoms with Crippen LogP contribution in [0.25, 0.3) is 12.2 Å². The Labute approximate surface area is 127 Å². The molecule has 22 heavy (non-hydrogen) atoms. The predicted molar refractivity (Wildman–Crippen MR) is 83.2 cm³/mol. The number of phenolic OH excluding ortho intramolecular Hbond substituents is 1. The summed E-state index contributed by atoms with van der Waals surface area (Å²) in [5.74, 6) is 0.821. The fourth-order valence-electron chi connectivity index (χ4n) is 1.97. The van der Waals surface area contributed by atoms with Crippen LogP contribution in [0.3, 0.4) is 0 Å². The third kappa shape index (κ3) is 3.54. The maximum Gasteiger partial charge on any atom is 0.311 e. The van der Waals surface area contributed by atoms with E-state index in [1.54, 1.807) is 36.4 Å². The first kappa shape index (κ1) is 15.4. The lowest BCUT2D eigenvalue weighted by atomic mass is 10.1. The summed E-state index contributed by atoms with van der Waals surface area (Å²) in [5.41, 5.74) is 1.27. The van der Waals surface area contributed by atoms with Crippen LogP contribution in [0.1, 0.15) is 11.1 Å². The number of benzene rings is 2. The van der Waals surface area contributed by atoms with E-state index in [0.717, 1.165) is 5.56 Å². The van der Waals surface area contributed by atoms with Crippen molar-refractivity contribution in [3.8, 4) is 17.2 Å². The van der Waals surface area contributed by atoms with Crippen LogP contribution in [-0.4, -0.2) is 24.2 Å². The molecule has 2 aromatic rings. The predicted octanol–water partition coefficient (Wildman–Crippen LogP) is 3.49. The Hall–Kier alpha value is -3.02. The van der Waals surface area contributed by atoms with E-state index in [4.69, 9.17) is 9.47 Å². The lowest BCUT2D eigenvalue weighted by Gasteiger charge is -2.03. The molecule has 1 N–H and O–H groups in total. The molecule has 0 aliphatic heterocycles. The largest absolute Gasteiger partial charge is 0.508 e. The molecule has 0 amide bonds. The molecule has 0 heterocycles. The lowest BCUT2D eigenvalue weighted by molar-refractivity contribution is -0.385. The average molecular weight is 301 g/mol. The number of methoxy groups -OCH3 is 2. The molecule has 6 heteroatoms. The highest BCUT2D eigenvalue weighted by Crippen LogP contribution is 2.28. The highest BCUT2D eigenvalue weighted by Gasteiger charge is 2.14. The zero-order valence-corrected chi connectivity index (χ0v) is 12.1. The second-order valence-corrected chi connectivity index (χ2v) is 4.49. The van der Waals surface area contributed by atoms with E-state index in [1.165, 1.54) is 26.4 Å². The summed E-state index contributed by atoms with van der Waals surface area (Å²) in [6, 6.07) is 9.49. The molecule has 0 fully saturated rings. The van der Waals surface area contributed by atoms with Gasteiger partial charge in [-0.3, -0.25) is 10.1 Å². The molecule has 0 aliphatic carbocycles. The third-order valence-corrected chi connectivity index (χ3v) is 3.02. The standard InChI is InChI=1S/C16H15NO5/c1-21-14-8-12(7-13(18)10-14)4-3-11-5-6-16(22-2)15(9-11)17(19)20/h3-10,18H,1-2H3. The lowest BCUT2D eigenvalue weighted by Crippen LogP contribution is -1.93. The Bertz CT molecular complexity index is 724. The fraction of sp³-hybridized carbons (Fsp3) is 0.125. The average Bonchev–Trinajstić information content (AvgIpc) is 2.52. The Morgan fingerprint density at radius 2 is 1.77 bits per heavy atom. The van der Waals surface area contributed by atoms with Crippen LogP contribution in [0, 0.1) is 10.1 Å². The zero-order valence-electron chi connectivity index (χ0n) is 12.1. The van der Waals surface area contributed by atoms with Crippen molar-refractivity contribution < 1.29 is 19.5 Å². The highest BCUT2D eigenvalue weighted by atomic mass is 16.6. The molecular weight excluding hydrogens is 286 g/mol. The minimum absolute atomic E-state index is 0.0831. The summed E-state index contributed by atoms with van der Waals surface area (Å²) in [6.45, 7) is 0. The van der Waals surface area contributed by atoms with Crippen LogP contribution in [0.4, 0.5) is 5.69 Å². The number of aromatic hydroxyl groups is 1. The maximum absolute atomic E-state index is 11.0. The van der Waals surface area contributed by atoms with E-state index < -0.39 is 4.92 Å². The van der Waals surface area contributed by atoms with Gasteiger partial charge >= 0.3 is 5.69 Å². The molecule has 0 radical (unpaired) electrons. The van der Waals surface area contributed by atoms with Gasteiger partial charge in [0.25, 0.3) is 0 Å². The van der Waals surface area contributed by atoms with Gasteiger partial charge < -0.3 is 14.6 Å². The van der Waals surface area contributed by atoms with Crippen LogP contribution in [0.2, 0.25) is 0 Å². The number of rotatable bonds is 5. The molecular formula is C16H15NO5. The molecule has 2 aromatic carbocycles. The van der Waals surface area contributed by atoms with Crippen molar-refractivity contribution in [1.29, 1.82) is 0 Å². The fourth-order valence-corrected chi connectivity index (χ4v) is 1.97. The summed E-state index contributed by atoms with van der Waals surface area (Å²) in [4.78, 5) is 10.5. The molecule has 6 nitrogen and oxygen atoms in total. The van der Waals surface area contributed by atoms with Crippen molar-refractivity contribution in [2.75, 3.05) is 14.2 Å². The number of nitro benzene ring substituents is 1. The first-order valence-electron chi connectivity index (χ1n) is 6.42. The molecule has 0 unspecified atom stereocenters. The zero-order chi connectivity index (χ0) is 16.1. The smallest absolute Gasteiger partial charge is 0.311 e. The topological polar surface area (TPSA) is 81.8 Å². The summed E-state index contributed by atoms with van der Waals surface area (Å²) in [5, 5.41) is 20.6. The molecule has 114 valence electrons. The normalized spacial score (nSPS) is 10.6. The number of ether oxygens (including phenoxy) is 2. The van der Waals surface area contributed by atoms with Crippen LogP contribution in [0.15, 0.2) is 36.4 Å². The molecule has 0 bridgehead atoms. The number of hydrogen-bond acceptors (Lipinski definition) is 5. The van der Waals surface area contributed by atoms with E-state index in [2.05, 4.69) is 0 Å². The van der Waals surface area contributed by atoms with Gasteiger partial charge in [0.05, 0.1) is 19.1 Å². The number of hydrogen-bond donors (Lipinski definition) is 1. The maximum atomic E-state index is 11.0. The summed E-state index contributed by atoms with van der Waals surface area (Å²) in [6.07, 6.45) is 3.44. The third-order valence-electron chi connectivity index (χ3n) is 3.02. The van der Waals surface area contributed by atoms with E-state index in [9.17, 15) is 15.2 Å². The first-order chi connectivity index (χ1) is 10.5. The van der Waals surface area contributed by atoms with Gasteiger partial charge in [-0.25, -0.2) is 0 Å². The van der Waals surface area contributed by atoms with Gasteiger partial charge in [0.1, 0.15) is 11.5 Å². The SMILES string of the molecule is COc1cc(O)cc(C=Cc2ccc(OC)c([N+](=O)[O-])c2)c1. The number of phenols is 1. The second-order valence-electron chi connectivity index (χ2n) is 4.49. The van der Waals surface area contributed by atoms with Crippen molar-refractivity contribution in [2.45, 2.75) is 0 Å². The van der Waals surface area contributed by atoms with Crippen molar-refractivity contribution >= 4 is 17.8 Å². The van der Waals surface area contributed by atoms with Gasteiger partial charge in [0, 0.05) is 12.1 Å². The Morgan fingerprint density at radius 1 is 1.05 bits per heavy atom. The van der Waals surface area contributed by atoms with Crippen molar-refractivity contribution in [2.24, 2.45) is 0 Å². The quantitative estimate of drug-likeness (QED) is 0.519. The molecule has 0 saturated heterocycles. The van der Waals surface area contributed by atoms with E-state index >= 15 is 0 Å². The molecule has 0 aromatic heterocycles. The number of nitrogens with zero attached hydrogens (tertiary/aromatic N) is 1. The van der Waals surface area contributed by atoms with Crippen LogP contribution >= 0.6 is 0 Å². The highest BCUT2D eigenvalue weighted by molar-refractivity contribution is 5.72. The van der Waals surface area contributed by atoms with Gasteiger partial charge in [-0.05, 0) is 29.3 Å². The van der Waals surface area contributed by atoms with Gasteiger partial charge in [-0.15, -0.1) is 0 Å². The van der Waals surface area contributed by atoms with Crippen molar-refractivity contribution in [1.82, 2.24) is 0 Å². The Kier molecular flexibility index (Phi) is 4.63. The van der Waals surface area contributed by atoms with Gasteiger partial charge in [-0.1, -0.05) is 18.2 Å². The Morgan fingerprint density at radius 3 is 2.41 bits per heavy atom. The molecule has 2 rings (SSSR count). The van der Waals surface area contributed by atoms with Gasteiger partial charge in [-0.2, -0.15) is 0 Å². The van der Waals surface area contributed by atoms with E-state index in [1.807, 2.05) is 0 Å². The molecule has 0 aliphatic rings. The van der Waals surface area contributed by atoms with Crippen LogP contribution in [-0.2, 0) is 0 Å².